The third-order valence-corrected chi connectivity index (χ3v) is 3.34. The molecule has 2 aliphatic rings. The fourth-order valence-electron chi connectivity index (χ4n) is 2.26. The molecule has 3 nitrogen and oxygen atoms in total. The van der Waals surface area contributed by atoms with Gasteiger partial charge in [0, 0.05) is 0 Å². The first-order valence-corrected chi connectivity index (χ1v) is 6.65. The monoisotopic (exact) mass is 256 g/mol. The van der Waals surface area contributed by atoms with Crippen LogP contribution in [-0.4, -0.2) is 26.4 Å². The Morgan fingerprint density at radius 1 is 1.37 bits per heavy atom. The summed E-state index contributed by atoms with van der Waals surface area (Å²) in [4.78, 5) is 0. The van der Waals surface area contributed by atoms with Crippen molar-refractivity contribution in [3.05, 3.63) is 53.5 Å². The van der Waals surface area contributed by atoms with E-state index in [2.05, 4.69) is 18.2 Å². The minimum Gasteiger partial charge on any atom is -0.491 e. The Morgan fingerprint density at radius 2 is 2.26 bits per heavy atom. The summed E-state index contributed by atoms with van der Waals surface area (Å²) < 4.78 is 17.3. The molecule has 0 aromatic heterocycles. The number of hydrogen-bond acceptors (Lipinski definition) is 3. The molecule has 1 aromatic rings. The lowest BCUT2D eigenvalue weighted by molar-refractivity contribution is 0.147. The van der Waals surface area contributed by atoms with E-state index in [1.165, 1.54) is 0 Å². The SMILES string of the molecule is Cc1ccccc1OC[C@H]1COB(C2=CCC=C2)O1. The molecular formula is C15H17BO3. The van der Waals surface area contributed by atoms with Gasteiger partial charge in [0.25, 0.3) is 0 Å². The molecule has 0 bridgehead atoms. The number of hydrogen-bond donors (Lipinski definition) is 0. The van der Waals surface area contributed by atoms with Gasteiger partial charge in [0.15, 0.2) is 0 Å². The van der Waals surface area contributed by atoms with Crippen LogP contribution in [0.2, 0.25) is 0 Å². The summed E-state index contributed by atoms with van der Waals surface area (Å²) in [7, 11) is -0.218. The number of rotatable bonds is 4. The molecule has 0 radical (unpaired) electrons. The molecule has 1 aromatic carbocycles. The van der Waals surface area contributed by atoms with Crippen LogP contribution in [-0.2, 0) is 9.31 Å². The first-order valence-electron chi connectivity index (χ1n) is 6.65. The molecule has 98 valence electrons. The predicted molar refractivity (Wildman–Crippen MR) is 75.1 cm³/mol. The average Bonchev–Trinajstić information content (AvgIpc) is 3.09. The van der Waals surface area contributed by atoms with Gasteiger partial charge in [0.2, 0.25) is 0 Å². The molecule has 1 saturated heterocycles. The lowest BCUT2D eigenvalue weighted by atomic mass is 9.79. The fraction of sp³-hybridized carbons (Fsp3) is 0.333. The van der Waals surface area contributed by atoms with Crippen LogP contribution in [0.4, 0.5) is 0 Å². The zero-order valence-corrected chi connectivity index (χ0v) is 11.0. The molecule has 19 heavy (non-hydrogen) atoms. The van der Waals surface area contributed by atoms with Gasteiger partial charge in [-0.05, 0) is 30.4 Å². The summed E-state index contributed by atoms with van der Waals surface area (Å²) in [5, 5.41) is 0. The number of aryl methyl sites for hydroxylation is 1. The minimum atomic E-state index is -0.218. The average molecular weight is 256 g/mol. The number of ether oxygens (including phenoxy) is 1. The first-order chi connectivity index (χ1) is 9.33. The molecule has 1 atom stereocenters. The number of allylic oxidation sites excluding steroid dienone is 4. The Labute approximate surface area is 114 Å². The normalized spacial score (nSPS) is 21.8. The third-order valence-electron chi connectivity index (χ3n) is 3.34. The second kappa shape index (κ2) is 5.64. The van der Waals surface area contributed by atoms with Crippen molar-refractivity contribution in [2.45, 2.75) is 19.4 Å². The van der Waals surface area contributed by atoms with Gasteiger partial charge >= 0.3 is 7.12 Å². The quantitative estimate of drug-likeness (QED) is 0.775. The molecule has 0 saturated carbocycles. The molecule has 3 rings (SSSR count). The van der Waals surface area contributed by atoms with Crippen LogP contribution in [0.25, 0.3) is 0 Å². The van der Waals surface area contributed by atoms with Crippen molar-refractivity contribution >= 4 is 7.12 Å². The molecule has 4 heteroatoms. The largest absolute Gasteiger partial charge is 0.494 e. The summed E-state index contributed by atoms with van der Waals surface area (Å²) in [6, 6.07) is 8.00. The highest BCUT2D eigenvalue weighted by Crippen LogP contribution is 2.22. The van der Waals surface area contributed by atoms with Gasteiger partial charge in [-0.1, -0.05) is 36.4 Å². The van der Waals surface area contributed by atoms with E-state index in [0.29, 0.717) is 13.2 Å². The molecule has 1 heterocycles. The Bertz CT molecular complexity index is 510. The van der Waals surface area contributed by atoms with Gasteiger partial charge in [-0.15, -0.1) is 0 Å². The zero-order chi connectivity index (χ0) is 13.1. The topological polar surface area (TPSA) is 27.7 Å². The van der Waals surface area contributed by atoms with Gasteiger partial charge in [-0.25, -0.2) is 0 Å². The highest BCUT2D eigenvalue weighted by Gasteiger charge is 2.34. The summed E-state index contributed by atoms with van der Waals surface area (Å²) in [6.45, 7) is 3.15. The van der Waals surface area contributed by atoms with E-state index in [4.69, 9.17) is 14.0 Å². The molecule has 0 N–H and O–H groups in total. The van der Waals surface area contributed by atoms with E-state index in [-0.39, 0.29) is 13.2 Å². The van der Waals surface area contributed by atoms with Gasteiger partial charge in [-0.3, -0.25) is 0 Å². The van der Waals surface area contributed by atoms with E-state index in [0.717, 1.165) is 23.2 Å². The van der Waals surface area contributed by atoms with Crippen molar-refractivity contribution in [3.8, 4) is 5.75 Å². The van der Waals surface area contributed by atoms with Crippen LogP contribution in [0.15, 0.2) is 48.0 Å². The van der Waals surface area contributed by atoms with E-state index in [1.807, 2.05) is 31.2 Å². The van der Waals surface area contributed by atoms with Gasteiger partial charge in [0.05, 0.1) is 12.7 Å². The standard InChI is InChI=1S/C15H17BO3/c1-12-6-2-5-9-15(12)17-10-14-11-18-16(19-14)13-7-3-4-8-13/h2-3,5-9,14H,4,10-11H2,1H3/t14-/m0/s1. The van der Waals surface area contributed by atoms with Gasteiger partial charge in [0.1, 0.15) is 12.4 Å². The van der Waals surface area contributed by atoms with Crippen LogP contribution < -0.4 is 4.74 Å². The number of benzene rings is 1. The minimum absolute atomic E-state index is 0.000457. The molecule has 0 spiro atoms. The Kier molecular flexibility index (Phi) is 3.71. The molecule has 1 fully saturated rings. The van der Waals surface area contributed by atoms with E-state index in [1.54, 1.807) is 0 Å². The summed E-state index contributed by atoms with van der Waals surface area (Å²) >= 11 is 0. The smallest absolute Gasteiger partial charge is 0.491 e. The zero-order valence-electron chi connectivity index (χ0n) is 11.0. The molecule has 1 aliphatic heterocycles. The fourth-order valence-corrected chi connectivity index (χ4v) is 2.26. The van der Waals surface area contributed by atoms with Gasteiger partial charge in [-0.2, -0.15) is 0 Å². The summed E-state index contributed by atoms with van der Waals surface area (Å²) in [5.74, 6) is 0.912. The molecule has 0 unspecified atom stereocenters. The second-order valence-electron chi connectivity index (χ2n) is 4.84. The van der Waals surface area contributed by atoms with Crippen molar-refractivity contribution in [1.82, 2.24) is 0 Å². The van der Waals surface area contributed by atoms with E-state index >= 15 is 0 Å². The Balaban J connectivity index is 1.52. The molecule has 0 amide bonds. The van der Waals surface area contributed by atoms with Crippen molar-refractivity contribution in [2.75, 3.05) is 13.2 Å². The maximum absolute atomic E-state index is 5.84. The second-order valence-corrected chi connectivity index (χ2v) is 4.84. The third kappa shape index (κ3) is 2.91. The van der Waals surface area contributed by atoms with Crippen molar-refractivity contribution in [1.29, 1.82) is 0 Å². The van der Waals surface area contributed by atoms with Crippen molar-refractivity contribution < 1.29 is 14.0 Å². The van der Waals surface area contributed by atoms with Crippen LogP contribution >= 0.6 is 0 Å². The van der Waals surface area contributed by atoms with Crippen molar-refractivity contribution in [2.24, 2.45) is 0 Å². The lowest BCUT2D eigenvalue weighted by Gasteiger charge is -2.13. The molecular weight excluding hydrogens is 239 g/mol. The predicted octanol–water partition coefficient (Wildman–Crippen LogP) is 2.70. The van der Waals surface area contributed by atoms with Crippen LogP contribution in [0.5, 0.6) is 5.75 Å². The van der Waals surface area contributed by atoms with E-state index < -0.39 is 0 Å². The summed E-state index contributed by atoms with van der Waals surface area (Å²) in [5.41, 5.74) is 2.26. The van der Waals surface area contributed by atoms with Crippen LogP contribution in [0.1, 0.15) is 12.0 Å². The van der Waals surface area contributed by atoms with Crippen molar-refractivity contribution in [3.63, 3.8) is 0 Å². The first kappa shape index (κ1) is 12.5. The highest BCUT2D eigenvalue weighted by atomic mass is 16.7. The van der Waals surface area contributed by atoms with Crippen LogP contribution in [0, 0.1) is 6.92 Å². The van der Waals surface area contributed by atoms with E-state index in [9.17, 15) is 0 Å². The maximum Gasteiger partial charge on any atom is 0.494 e. The van der Waals surface area contributed by atoms with Gasteiger partial charge < -0.3 is 14.0 Å². The van der Waals surface area contributed by atoms with Crippen LogP contribution in [0.3, 0.4) is 0 Å². The lowest BCUT2D eigenvalue weighted by Crippen LogP contribution is -2.23. The Morgan fingerprint density at radius 3 is 3.05 bits per heavy atom. The maximum atomic E-state index is 5.84. The Hall–Kier alpha value is -1.52. The highest BCUT2D eigenvalue weighted by molar-refractivity contribution is 6.55. The molecule has 1 aliphatic carbocycles. The summed E-state index contributed by atoms with van der Waals surface area (Å²) in [6.07, 6.45) is 7.28. The number of para-hydroxylation sites is 1.